The highest BCUT2D eigenvalue weighted by Gasteiger charge is 2.41. The summed E-state index contributed by atoms with van der Waals surface area (Å²) in [6.45, 7) is 2.27. The van der Waals surface area contributed by atoms with Gasteiger partial charge in [-0.15, -0.1) is 0 Å². The monoisotopic (exact) mass is 618 g/mol. The molecule has 47 heavy (non-hydrogen) atoms. The van der Waals surface area contributed by atoms with E-state index < -0.39 is 0 Å². The van der Waals surface area contributed by atoms with Crippen LogP contribution in [0.1, 0.15) is 63.9 Å². The molecule has 3 atom stereocenters. The average Bonchev–Trinajstić information content (AvgIpc) is 3.86. The Labute approximate surface area is 277 Å². The molecule has 0 N–H and O–H groups in total. The summed E-state index contributed by atoms with van der Waals surface area (Å²) in [5.74, 6) is 2.21. The first-order chi connectivity index (χ1) is 23.2. The number of aryl methyl sites for hydroxylation is 1. The van der Waals surface area contributed by atoms with Crippen LogP contribution in [0.3, 0.4) is 0 Å². The average molecular weight is 619 g/mol. The number of fused-ring (bicyclic) bond motifs is 8. The molecule has 6 aromatic rings. The van der Waals surface area contributed by atoms with Crippen molar-refractivity contribution in [2.45, 2.75) is 64.7 Å². The lowest BCUT2D eigenvalue weighted by Crippen LogP contribution is -2.23. The number of hydrogen-bond acceptors (Lipinski definition) is 3. The fourth-order valence-electron chi connectivity index (χ4n) is 7.99. The minimum atomic E-state index is -0.109. The number of esters is 1. The van der Waals surface area contributed by atoms with Crippen LogP contribution in [-0.4, -0.2) is 15.5 Å². The summed E-state index contributed by atoms with van der Waals surface area (Å²) >= 11 is 0. The molecule has 0 saturated heterocycles. The first-order valence-electron chi connectivity index (χ1n) is 17.6. The van der Waals surface area contributed by atoms with Crippen molar-refractivity contribution in [1.82, 2.24) is 9.55 Å². The maximum Gasteiger partial charge on any atom is 0.314 e. The summed E-state index contributed by atoms with van der Waals surface area (Å²) in [6, 6.07) is 34.2. The highest BCUT2D eigenvalue weighted by molar-refractivity contribution is 6.24. The molecule has 1 aromatic heterocycles. The zero-order valence-corrected chi connectivity index (χ0v) is 27.2. The number of allylic oxidation sites excluding steroid dienone is 2. The molecule has 5 aromatic carbocycles. The van der Waals surface area contributed by atoms with Crippen molar-refractivity contribution in [3.63, 3.8) is 0 Å². The van der Waals surface area contributed by atoms with E-state index in [1.807, 2.05) is 12.1 Å². The minimum Gasteiger partial charge on any atom is -0.426 e. The smallest absolute Gasteiger partial charge is 0.314 e. The molecular formula is C43H42N2O2. The summed E-state index contributed by atoms with van der Waals surface area (Å²) < 4.78 is 8.22. The predicted molar refractivity (Wildman–Crippen MR) is 193 cm³/mol. The van der Waals surface area contributed by atoms with E-state index in [9.17, 15) is 4.79 Å². The van der Waals surface area contributed by atoms with Crippen LogP contribution in [0.4, 0.5) is 0 Å². The van der Waals surface area contributed by atoms with Crippen LogP contribution in [0, 0.1) is 17.8 Å². The highest BCUT2D eigenvalue weighted by atomic mass is 16.5. The topological polar surface area (TPSA) is 44.1 Å². The van der Waals surface area contributed by atoms with Gasteiger partial charge in [-0.3, -0.25) is 9.36 Å². The fourth-order valence-corrected chi connectivity index (χ4v) is 7.99. The second-order valence-electron chi connectivity index (χ2n) is 13.6. The van der Waals surface area contributed by atoms with Gasteiger partial charge in [0.05, 0.1) is 17.0 Å². The molecule has 4 heteroatoms. The lowest BCUT2D eigenvalue weighted by molar-refractivity contribution is -0.139. The summed E-state index contributed by atoms with van der Waals surface area (Å²) in [5.41, 5.74) is 5.52. The van der Waals surface area contributed by atoms with E-state index in [2.05, 4.69) is 109 Å². The Morgan fingerprint density at radius 1 is 0.745 bits per heavy atom. The quantitative estimate of drug-likeness (QED) is 0.0477. The summed E-state index contributed by atoms with van der Waals surface area (Å²) in [5, 5.41) is 4.73. The van der Waals surface area contributed by atoms with E-state index in [0.29, 0.717) is 17.6 Å². The number of carbonyl (C=O) groups excluding carboxylic acids is 1. The minimum absolute atomic E-state index is 0.0300. The Kier molecular flexibility index (Phi) is 8.10. The van der Waals surface area contributed by atoms with Crippen molar-refractivity contribution in [3.8, 4) is 22.8 Å². The highest BCUT2D eigenvalue weighted by Crippen LogP contribution is 2.44. The molecule has 8 rings (SSSR count). The van der Waals surface area contributed by atoms with Crippen molar-refractivity contribution >= 4 is 38.5 Å². The van der Waals surface area contributed by atoms with E-state index in [1.54, 1.807) is 0 Å². The first-order valence-corrected chi connectivity index (χ1v) is 17.6. The molecular weight excluding hydrogens is 576 g/mol. The predicted octanol–water partition coefficient (Wildman–Crippen LogP) is 11.0. The van der Waals surface area contributed by atoms with Gasteiger partial charge >= 0.3 is 5.97 Å². The molecule has 0 radical (unpaired) electrons. The van der Waals surface area contributed by atoms with Gasteiger partial charge in [-0.25, -0.2) is 4.98 Å². The van der Waals surface area contributed by atoms with E-state index in [-0.39, 0.29) is 11.9 Å². The Morgan fingerprint density at radius 3 is 2.13 bits per heavy atom. The molecule has 0 aliphatic heterocycles. The van der Waals surface area contributed by atoms with Crippen LogP contribution in [0.2, 0.25) is 0 Å². The number of aromatic nitrogens is 2. The van der Waals surface area contributed by atoms with Gasteiger partial charge in [0.25, 0.3) is 0 Å². The molecule has 1 fully saturated rings. The van der Waals surface area contributed by atoms with Crippen LogP contribution in [-0.2, 0) is 11.2 Å². The Hall–Kier alpha value is -4.70. The van der Waals surface area contributed by atoms with Crippen LogP contribution in [0.25, 0.3) is 49.7 Å². The number of nitrogens with zero attached hydrogens (tertiary/aromatic N) is 2. The van der Waals surface area contributed by atoms with E-state index in [4.69, 9.17) is 9.72 Å². The zero-order chi connectivity index (χ0) is 31.7. The number of benzene rings is 5. The van der Waals surface area contributed by atoms with Crippen molar-refractivity contribution in [2.75, 3.05) is 0 Å². The number of imidazole rings is 1. The second kappa shape index (κ2) is 12.8. The molecule has 2 bridgehead atoms. The van der Waals surface area contributed by atoms with Crippen LogP contribution in [0.5, 0.6) is 5.75 Å². The van der Waals surface area contributed by atoms with Crippen LogP contribution >= 0.6 is 0 Å². The number of unbranched alkanes of at least 4 members (excludes halogenated alkanes) is 5. The van der Waals surface area contributed by atoms with Crippen LogP contribution in [0.15, 0.2) is 109 Å². The normalized spacial score (nSPS) is 18.5. The lowest BCUT2D eigenvalue weighted by atomic mass is 9.94. The molecule has 0 spiro atoms. The molecule has 1 heterocycles. The maximum atomic E-state index is 13.1. The zero-order valence-electron chi connectivity index (χ0n) is 27.2. The van der Waals surface area contributed by atoms with Gasteiger partial charge in [-0.05, 0) is 78.1 Å². The standard InChI is InChI=1S/C43H42N2O2/c1-2-3-4-5-6-7-12-29-17-20-31(21-18-29)42-44-40-37-15-10-8-13-35(37)36-14-9-11-16-38(36)41(40)45(42)33-23-25-34(26-24-33)47-43(46)39-28-30-19-22-32(39)27-30/h8-11,13-26,30,32,39H,2-7,12,27-28H2,1H3. The third-order valence-electron chi connectivity index (χ3n) is 10.5. The van der Waals surface area contributed by atoms with Crippen molar-refractivity contribution < 1.29 is 9.53 Å². The van der Waals surface area contributed by atoms with Crippen LogP contribution < -0.4 is 4.74 Å². The van der Waals surface area contributed by atoms with Crippen molar-refractivity contribution in [2.24, 2.45) is 17.8 Å². The number of hydrogen-bond donors (Lipinski definition) is 0. The van der Waals surface area contributed by atoms with Crippen molar-refractivity contribution in [1.29, 1.82) is 0 Å². The fraction of sp³-hybridized carbons (Fsp3) is 0.302. The first kappa shape index (κ1) is 29.7. The Balaban J connectivity index is 1.17. The molecule has 0 amide bonds. The van der Waals surface area contributed by atoms with Gasteiger partial charge in [-0.2, -0.15) is 0 Å². The Morgan fingerprint density at radius 2 is 1.43 bits per heavy atom. The van der Waals surface area contributed by atoms with E-state index in [0.717, 1.165) is 52.8 Å². The summed E-state index contributed by atoms with van der Waals surface area (Å²) in [7, 11) is 0. The van der Waals surface area contributed by atoms with Gasteiger partial charge in [0, 0.05) is 22.0 Å². The maximum absolute atomic E-state index is 13.1. The molecule has 2 aliphatic carbocycles. The van der Waals surface area contributed by atoms with E-state index in [1.165, 1.54) is 60.2 Å². The van der Waals surface area contributed by atoms with Gasteiger partial charge in [0.1, 0.15) is 11.6 Å². The number of carbonyl (C=O) groups is 1. The Bertz CT molecular complexity index is 2090. The second-order valence-corrected chi connectivity index (χ2v) is 13.6. The third-order valence-corrected chi connectivity index (χ3v) is 10.5. The molecule has 236 valence electrons. The van der Waals surface area contributed by atoms with Gasteiger partial charge in [-0.1, -0.05) is 124 Å². The summed E-state index contributed by atoms with van der Waals surface area (Å²) in [6.07, 6.45) is 15.4. The van der Waals surface area contributed by atoms with E-state index >= 15 is 0 Å². The summed E-state index contributed by atoms with van der Waals surface area (Å²) in [4.78, 5) is 18.5. The largest absolute Gasteiger partial charge is 0.426 e. The number of rotatable bonds is 11. The molecule has 2 aliphatic rings. The lowest BCUT2D eigenvalue weighted by Gasteiger charge is -2.17. The molecule has 1 saturated carbocycles. The van der Waals surface area contributed by atoms with Gasteiger partial charge in [0.15, 0.2) is 0 Å². The third kappa shape index (κ3) is 5.65. The molecule has 3 unspecified atom stereocenters. The molecule has 4 nitrogen and oxygen atoms in total. The SMILES string of the molecule is CCCCCCCCc1ccc(-c2nc3c4ccccc4c4ccccc4c3n2-c2ccc(OC(=O)C3CC4C=CC3C4)cc2)cc1. The number of ether oxygens (including phenoxy) is 1. The van der Waals surface area contributed by atoms with Gasteiger partial charge < -0.3 is 4.74 Å². The van der Waals surface area contributed by atoms with Crippen molar-refractivity contribution in [3.05, 3.63) is 115 Å². The van der Waals surface area contributed by atoms with Gasteiger partial charge in [0.2, 0.25) is 0 Å².